The van der Waals surface area contributed by atoms with Crippen molar-refractivity contribution in [3.8, 4) is 5.75 Å². The summed E-state index contributed by atoms with van der Waals surface area (Å²) in [6.07, 6.45) is 1.20. The first kappa shape index (κ1) is 17.0. The standard InChI is InChI=1S/C16H14N6O4/c1-10(8-21-9-17-16(20-21)22(25)26)18-19-15(24)13-6-11-4-2-3-5-12(11)7-14(13)23/h2-7,9,23H,8H2,1H3,(H,19,24)/b18-10+. The van der Waals surface area contributed by atoms with Crippen molar-refractivity contribution in [3.05, 3.63) is 58.4 Å². The van der Waals surface area contributed by atoms with Gasteiger partial charge in [-0.05, 0) is 34.8 Å². The van der Waals surface area contributed by atoms with Gasteiger partial charge >= 0.3 is 5.95 Å². The van der Waals surface area contributed by atoms with E-state index in [9.17, 15) is 20.0 Å². The number of carbonyl (C=O) groups excluding carboxylic acids is 1. The van der Waals surface area contributed by atoms with Gasteiger partial charge in [-0.15, -0.1) is 0 Å². The molecule has 0 saturated heterocycles. The van der Waals surface area contributed by atoms with Crippen molar-refractivity contribution in [2.75, 3.05) is 0 Å². The number of benzene rings is 2. The fourth-order valence-corrected chi connectivity index (χ4v) is 2.33. The van der Waals surface area contributed by atoms with Crippen molar-refractivity contribution < 1.29 is 14.8 Å². The Labute approximate surface area is 146 Å². The molecular formula is C16H14N6O4. The lowest BCUT2D eigenvalue weighted by atomic mass is 10.1. The SMILES string of the molecule is C/C(Cn1cnc([N+](=O)[O-])n1)=N\NC(=O)c1cc2ccccc2cc1O. The van der Waals surface area contributed by atoms with Gasteiger partial charge in [0.15, 0.2) is 0 Å². The van der Waals surface area contributed by atoms with Crippen LogP contribution >= 0.6 is 0 Å². The van der Waals surface area contributed by atoms with Crippen molar-refractivity contribution in [1.29, 1.82) is 0 Å². The first-order chi connectivity index (χ1) is 12.4. The smallest absolute Gasteiger partial charge is 0.490 e. The minimum atomic E-state index is -0.701. The van der Waals surface area contributed by atoms with E-state index in [1.807, 2.05) is 24.3 Å². The molecule has 26 heavy (non-hydrogen) atoms. The van der Waals surface area contributed by atoms with E-state index < -0.39 is 16.8 Å². The number of hydrogen-bond donors (Lipinski definition) is 2. The summed E-state index contributed by atoms with van der Waals surface area (Å²) in [4.78, 5) is 25.6. The minimum absolute atomic E-state index is 0.0941. The van der Waals surface area contributed by atoms with Crippen LogP contribution < -0.4 is 5.43 Å². The highest BCUT2D eigenvalue weighted by atomic mass is 16.6. The Kier molecular flexibility index (Phi) is 4.56. The monoisotopic (exact) mass is 354 g/mol. The van der Waals surface area contributed by atoms with E-state index in [0.717, 1.165) is 10.8 Å². The normalized spacial score (nSPS) is 11.5. The second-order valence-electron chi connectivity index (χ2n) is 5.50. The van der Waals surface area contributed by atoms with E-state index >= 15 is 0 Å². The van der Waals surface area contributed by atoms with E-state index in [2.05, 4.69) is 20.6 Å². The molecule has 1 aromatic heterocycles. The molecule has 132 valence electrons. The zero-order valence-electron chi connectivity index (χ0n) is 13.7. The third-order valence-electron chi connectivity index (χ3n) is 3.54. The molecule has 0 aliphatic carbocycles. The average Bonchev–Trinajstić information content (AvgIpc) is 3.08. The Balaban J connectivity index is 1.71. The lowest BCUT2D eigenvalue weighted by Gasteiger charge is -2.06. The molecule has 2 N–H and O–H groups in total. The second kappa shape index (κ2) is 6.97. The Hall–Kier alpha value is -3.82. The van der Waals surface area contributed by atoms with Crippen molar-refractivity contribution >= 4 is 28.3 Å². The maximum atomic E-state index is 12.3. The Morgan fingerprint density at radius 2 is 2.04 bits per heavy atom. The third-order valence-corrected chi connectivity index (χ3v) is 3.54. The Morgan fingerprint density at radius 1 is 1.35 bits per heavy atom. The van der Waals surface area contributed by atoms with E-state index in [4.69, 9.17) is 0 Å². The Morgan fingerprint density at radius 3 is 2.69 bits per heavy atom. The maximum Gasteiger partial charge on any atom is 0.490 e. The molecule has 0 saturated carbocycles. The molecule has 3 rings (SSSR count). The number of aromatic nitrogens is 3. The van der Waals surface area contributed by atoms with E-state index in [0.29, 0.717) is 5.71 Å². The van der Waals surface area contributed by atoms with Gasteiger partial charge < -0.3 is 15.2 Å². The van der Waals surface area contributed by atoms with Gasteiger partial charge in [-0.2, -0.15) is 9.78 Å². The molecule has 0 unspecified atom stereocenters. The van der Waals surface area contributed by atoms with Gasteiger partial charge in [-0.25, -0.2) is 5.43 Å². The van der Waals surface area contributed by atoms with Gasteiger partial charge in [0.05, 0.1) is 17.8 Å². The lowest BCUT2D eigenvalue weighted by Crippen LogP contribution is -2.20. The highest BCUT2D eigenvalue weighted by Crippen LogP contribution is 2.24. The number of phenolic OH excluding ortho intramolecular Hbond substituents is 1. The second-order valence-corrected chi connectivity index (χ2v) is 5.50. The molecule has 10 nitrogen and oxygen atoms in total. The summed E-state index contributed by atoms with van der Waals surface area (Å²) in [5, 5.41) is 29.8. The van der Waals surface area contributed by atoms with Crippen LogP contribution in [0.1, 0.15) is 17.3 Å². The molecule has 0 atom stereocenters. The van der Waals surface area contributed by atoms with Crippen LogP contribution in [0.15, 0.2) is 47.8 Å². The highest BCUT2D eigenvalue weighted by Gasteiger charge is 2.14. The number of aromatic hydroxyl groups is 1. The van der Waals surface area contributed by atoms with Crippen molar-refractivity contribution in [2.24, 2.45) is 5.10 Å². The van der Waals surface area contributed by atoms with Gasteiger partial charge in [0.2, 0.25) is 6.33 Å². The molecule has 0 aliphatic heterocycles. The predicted molar refractivity (Wildman–Crippen MR) is 92.9 cm³/mol. The number of phenols is 1. The van der Waals surface area contributed by atoms with Crippen molar-refractivity contribution in [3.63, 3.8) is 0 Å². The summed E-state index contributed by atoms with van der Waals surface area (Å²) in [7, 11) is 0. The van der Waals surface area contributed by atoms with Gasteiger partial charge in [-0.3, -0.25) is 4.79 Å². The average molecular weight is 354 g/mol. The van der Waals surface area contributed by atoms with Crippen molar-refractivity contribution in [2.45, 2.75) is 13.5 Å². The minimum Gasteiger partial charge on any atom is -0.507 e. The van der Waals surface area contributed by atoms with Crippen LogP contribution in [-0.2, 0) is 6.54 Å². The van der Waals surface area contributed by atoms with Crippen LogP contribution in [0, 0.1) is 10.1 Å². The van der Waals surface area contributed by atoms with Gasteiger partial charge in [0.25, 0.3) is 5.91 Å². The Bertz CT molecular complexity index is 1030. The summed E-state index contributed by atoms with van der Waals surface area (Å²) in [6.45, 7) is 1.73. The molecule has 0 fully saturated rings. The molecular weight excluding hydrogens is 340 g/mol. The van der Waals surface area contributed by atoms with Crippen LogP contribution in [0.5, 0.6) is 5.75 Å². The zero-order chi connectivity index (χ0) is 18.7. The molecule has 1 amide bonds. The number of fused-ring (bicyclic) bond motifs is 1. The molecule has 0 radical (unpaired) electrons. The number of carbonyl (C=O) groups is 1. The van der Waals surface area contributed by atoms with Gasteiger partial charge in [0.1, 0.15) is 5.75 Å². The maximum absolute atomic E-state index is 12.3. The third kappa shape index (κ3) is 3.64. The summed E-state index contributed by atoms with van der Waals surface area (Å²) in [5.74, 6) is -1.24. The van der Waals surface area contributed by atoms with Crippen LogP contribution in [0.2, 0.25) is 0 Å². The first-order valence-corrected chi connectivity index (χ1v) is 7.53. The summed E-state index contributed by atoms with van der Waals surface area (Å²) < 4.78 is 1.23. The number of nitrogens with one attached hydrogen (secondary N) is 1. The molecule has 1 heterocycles. The highest BCUT2D eigenvalue weighted by molar-refractivity contribution is 6.01. The zero-order valence-corrected chi connectivity index (χ0v) is 13.7. The van der Waals surface area contributed by atoms with Gasteiger partial charge in [-0.1, -0.05) is 29.2 Å². The quantitative estimate of drug-likeness (QED) is 0.408. The van der Waals surface area contributed by atoms with Crippen LogP contribution in [-0.4, -0.2) is 36.4 Å². The van der Waals surface area contributed by atoms with E-state index in [1.165, 1.54) is 17.1 Å². The molecule has 3 aromatic rings. The number of nitro groups is 1. The van der Waals surface area contributed by atoms with Gasteiger partial charge in [0, 0.05) is 5.10 Å². The summed E-state index contributed by atoms with van der Waals surface area (Å²) >= 11 is 0. The number of amides is 1. The molecule has 0 spiro atoms. The summed E-state index contributed by atoms with van der Waals surface area (Å²) in [5.41, 5.74) is 2.88. The molecule has 2 aromatic carbocycles. The molecule has 10 heteroatoms. The molecule has 0 bridgehead atoms. The fourth-order valence-electron chi connectivity index (χ4n) is 2.33. The predicted octanol–water partition coefficient (Wildman–Crippen LogP) is 1.85. The largest absolute Gasteiger partial charge is 0.507 e. The number of nitrogens with zero attached hydrogens (tertiary/aromatic N) is 5. The van der Waals surface area contributed by atoms with E-state index in [1.54, 1.807) is 13.0 Å². The fraction of sp³-hybridized carbons (Fsp3) is 0.125. The number of hydrazone groups is 1. The van der Waals surface area contributed by atoms with Crippen molar-refractivity contribution in [1.82, 2.24) is 20.2 Å². The van der Waals surface area contributed by atoms with E-state index in [-0.39, 0.29) is 17.9 Å². The molecule has 0 aliphatic rings. The van der Waals surface area contributed by atoms with Crippen LogP contribution in [0.4, 0.5) is 5.95 Å². The summed E-state index contributed by atoms with van der Waals surface area (Å²) in [6, 6.07) is 10.4. The van der Waals surface area contributed by atoms with Crippen LogP contribution in [0.3, 0.4) is 0 Å². The topological polar surface area (TPSA) is 136 Å². The van der Waals surface area contributed by atoms with Crippen LogP contribution in [0.25, 0.3) is 10.8 Å². The number of rotatable bonds is 5. The number of hydrogen-bond acceptors (Lipinski definition) is 7. The lowest BCUT2D eigenvalue weighted by molar-refractivity contribution is -0.394. The first-order valence-electron chi connectivity index (χ1n) is 7.53.